The summed E-state index contributed by atoms with van der Waals surface area (Å²) in [6.45, 7) is 9.41. The molecule has 0 amide bonds. The molecule has 0 bridgehead atoms. The molecule has 0 heteroatoms. The molecule has 0 saturated heterocycles. The molecular weight excluding hydrogens is 120 g/mol. The largest absolute Gasteiger partial charge is 0.0616 e. The van der Waals surface area contributed by atoms with Gasteiger partial charge in [0.25, 0.3) is 0 Å². The van der Waals surface area contributed by atoms with Crippen molar-refractivity contribution in [3.8, 4) is 0 Å². The van der Waals surface area contributed by atoms with Crippen molar-refractivity contribution in [3.63, 3.8) is 0 Å². The van der Waals surface area contributed by atoms with E-state index in [9.17, 15) is 0 Å². The molecule has 0 N–H and O–H groups in total. The third-order valence-electron chi connectivity index (χ3n) is 1.52. The second-order valence-corrected chi connectivity index (χ2v) is 2.42. The Morgan fingerprint density at radius 2 is 2.20 bits per heavy atom. The van der Waals surface area contributed by atoms with Crippen molar-refractivity contribution in [2.75, 3.05) is 0 Å². The van der Waals surface area contributed by atoms with Crippen molar-refractivity contribution in [1.29, 1.82) is 0 Å². The van der Waals surface area contributed by atoms with Gasteiger partial charge >= 0.3 is 0 Å². The molecule has 0 spiro atoms. The van der Waals surface area contributed by atoms with Crippen LogP contribution in [-0.2, 0) is 0 Å². The summed E-state index contributed by atoms with van der Waals surface area (Å²) >= 11 is 0. The Balaban J connectivity index is 3.21. The van der Waals surface area contributed by atoms with Gasteiger partial charge in [-0.25, -0.2) is 0 Å². The van der Waals surface area contributed by atoms with Gasteiger partial charge in [0.15, 0.2) is 0 Å². The molecule has 1 aromatic rings. The summed E-state index contributed by atoms with van der Waals surface area (Å²) in [5.41, 5.74) is 3.40. The number of benzene rings is 1. The van der Waals surface area contributed by atoms with Crippen LogP contribution in [0.2, 0.25) is 0 Å². The van der Waals surface area contributed by atoms with Crippen molar-refractivity contribution in [2.45, 2.75) is 13.8 Å². The zero-order valence-corrected chi connectivity index (χ0v) is 6.31. The van der Waals surface area contributed by atoms with E-state index in [1.807, 2.05) is 26.0 Å². The molecule has 1 rings (SSSR count). The zero-order chi connectivity index (χ0) is 7.56. The SMILES string of the molecule is [CH]=Cc1cc(C)[c]cc1C. The molecule has 50 valence electrons. The lowest BCUT2D eigenvalue weighted by Crippen LogP contribution is -1.81. The topological polar surface area (TPSA) is 0 Å². The lowest BCUT2D eigenvalue weighted by atomic mass is 10.1. The van der Waals surface area contributed by atoms with E-state index in [0.717, 1.165) is 11.1 Å². The fourth-order valence-electron chi connectivity index (χ4n) is 0.874. The summed E-state index contributed by atoms with van der Waals surface area (Å²) in [6, 6.07) is 7.07. The quantitative estimate of drug-likeness (QED) is 0.548. The van der Waals surface area contributed by atoms with Gasteiger partial charge in [-0.1, -0.05) is 24.8 Å². The maximum atomic E-state index is 5.38. The Morgan fingerprint density at radius 3 is 2.70 bits per heavy atom. The lowest BCUT2D eigenvalue weighted by Gasteiger charge is -1.98. The molecule has 0 atom stereocenters. The first-order valence-electron chi connectivity index (χ1n) is 3.28. The summed E-state index contributed by atoms with van der Waals surface area (Å²) in [6.07, 6.45) is 1.62. The molecule has 0 aliphatic carbocycles. The molecule has 0 aliphatic rings. The normalized spacial score (nSPS) is 9.40. The van der Waals surface area contributed by atoms with Crippen LogP contribution in [0, 0.1) is 26.5 Å². The number of hydrogen-bond acceptors (Lipinski definition) is 0. The monoisotopic (exact) mass is 130 g/mol. The Bertz CT molecular complexity index is 246. The highest BCUT2D eigenvalue weighted by Crippen LogP contribution is 2.10. The van der Waals surface area contributed by atoms with E-state index in [1.165, 1.54) is 5.56 Å². The van der Waals surface area contributed by atoms with Crippen LogP contribution in [0.3, 0.4) is 0 Å². The predicted molar refractivity (Wildman–Crippen MR) is 43.5 cm³/mol. The van der Waals surface area contributed by atoms with Gasteiger partial charge in [-0.2, -0.15) is 0 Å². The molecule has 0 aliphatic heterocycles. The smallest absolute Gasteiger partial charge is 0.0149 e. The van der Waals surface area contributed by atoms with Gasteiger partial charge in [-0.05, 0) is 36.6 Å². The second kappa shape index (κ2) is 2.70. The summed E-state index contributed by atoms with van der Waals surface area (Å²) < 4.78 is 0. The minimum Gasteiger partial charge on any atom is -0.0616 e. The van der Waals surface area contributed by atoms with Gasteiger partial charge in [-0.15, -0.1) is 0 Å². The first-order valence-corrected chi connectivity index (χ1v) is 3.28. The molecule has 10 heavy (non-hydrogen) atoms. The highest BCUT2D eigenvalue weighted by Gasteiger charge is 1.91. The van der Waals surface area contributed by atoms with Crippen molar-refractivity contribution < 1.29 is 0 Å². The number of hydrogen-bond donors (Lipinski definition) is 0. The van der Waals surface area contributed by atoms with Crippen molar-refractivity contribution >= 4 is 6.08 Å². The first-order chi connectivity index (χ1) is 4.74. The third kappa shape index (κ3) is 1.27. The summed E-state index contributed by atoms with van der Waals surface area (Å²) in [7, 11) is 0. The van der Waals surface area contributed by atoms with E-state index in [-0.39, 0.29) is 0 Å². The minimum absolute atomic E-state index is 1.09. The molecule has 1 aromatic carbocycles. The van der Waals surface area contributed by atoms with E-state index in [2.05, 4.69) is 6.07 Å². The van der Waals surface area contributed by atoms with Crippen LogP contribution in [0.1, 0.15) is 16.7 Å². The van der Waals surface area contributed by atoms with E-state index in [1.54, 1.807) is 6.08 Å². The standard InChI is InChI=1S/C10H10/c1-4-10-7-8(2)5-6-9(10)3/h1,4,6-7H,2-3H3. The Morgan fingerprint density at radius 1 is 1.50 bits per heavy atom. The third-order valence-corrected chi connectivity index (χ3v) is 1.52. The van der Waals surface area contributed by atoms with Gasteiger partial charge in [0.2, 0.25) is 0 Å². The lowest BCUT2D eigenvalue weighted by molar-refractivity contribution is 1.37. The van der Waals surface area contributed by atoms with Crippen molar-refractivity contribution in [1.82, 2.24) is 0 Å². The van der Waals surface area contributed by atoms with Gasteiger partial charge in [0.1, 0.15) is 0 Å². The number of rotatable bonds is 1. The maximum Gasteiger partial charge on any atom is -0.0149 e. The molecule has 0 heterocycles. The van der Waals surface area contributed by atoms with Crippen LogP contribution >= 0.6 is 0 Å². The molecule has 0 nitrogen and oxygen atoms in total. The average molecular weight is 130 g/mol. The van der Waals surface area contributed by atoms with Crippen LogP contribution in [-0.4, -0.2) is 0 Å². The van der Waals surface area contributed by atoms with Crippen LogP contribution in [0.25, 0.3) is 6.08 Å². The summed E-state index contributed by atoms with van der Waals surface area (Å²) in [5, 5.41) is 0. The molecule has 0 saturated carbocycles. The van der Waals surface area contributed by atoms with Crippen molar-refractivity contribution in [2.24, 2.45) is 0 Å². The Labute approximate surface area is 62.2 Å². The fraction of sp³-hybridized carbons (Fsp3) is 0.200. The maximum absolute atomic E-state index is 5.38. The number of aryl methyl sites for hydroxylation is 2. The minimum atomic E-state index is 1.09. The molecule has 2 radical (unpaired) electrons. The molecule has 0 fully saturated rings. The van der Waals surface area contributed by atoms with Crippen LogP contribution in [0.5, 0.6) is 0 Å². The van der Waals surface area contributed by atoms with Crippen molar-refractivity contribution in [3.05, 3.63) is 41.5 Å². The van der Waals surface area contributed by atoms with Gasteiger partial charge in [0, 0.05) is 0 Å². The average Bonchev–Trinajstić information content (AvgIpc) is 1.94. The van der Waals surface area contributed by atoms with E-state index < -0.39 is 0 Å². The highest BCUT2D eigenvalue weighted by atomic mass is 14.0. The van der Waals surface area contributed by atoms with E-state index in [4.69, 9.17) is 6.58 Å². The summed E-state index contributed by atoms with van der Waals surface area (Å²) in [4.78, 5) is 0. The van der Waals surface area contributed by atoms with Gasteiger partial charge in [-0.3, -0.25) is 0 Å². The first kappa shape index (κ1) is 7.07. The fourth-order valence-corrected chi connectivity index (χ4v) is 0.874. The molecule has 0 unspecified atom stereocenters. The van der Waals surface area contributed by atoms with Gasteiger partial charge in [0.05, 0.1) is 0 Å². The van der Waals surface area contributed by atoms with Crippen LogP contribution in [0.4, 0.5) is 0 Å². The zero-order valence-electron chi connectivity index (χ0n) is 6.31. The van der Waals surface area contributed by atoms with Crippen LogP contribution in [0.15, 0.2) is 12.1 Å². The van der Waals surface area contributed by atoms with Gasteiger partial charge < -0.3 is 0 Å². The second-order valence-electron chi connectivity index (χ2n) is 2.42. The predicted octanol–water partition coefficient (Wildman–Crippen LogP) is 2.55. The Kier molecular flexibility index (Phi) is 1.91. The highest BCUT2D eigenvalue weighted by molar-refractivity contribution is 5.51. The van der Waals surface area contributed by atoms with E-state index >= 15 is 0 Å². The summed E-state index contributed by atoms with van der Waals surface area (Å²) in [5.74, 6) is 0. The van der Waals surface area contributed by atoms with E-state index in [0.29, 0.717) is 0 Å². The van der Waals surface area contributed by atoms with Crippen LogP contribution < -0.4 is 0 Å². The molecule has 0 aromatic heterocycles. The Hall–Kier alpha value is -1.04. The molecular formula is C10H10.